The fourth-order valence-corrected chi connectivity index (χ4v) is 1.82. The summed E-state index contributed by atoms with van der Waals surface area (Å²) in [6.45, 7) is 7.44. The van der Waals surface area contributed by atoms with Crippen molar-refractivity contribution in [2.45, 2.75) is 12.7 Å². The Morgan fingerprint density at radius 1 is 0.913 bits per heavy atom. The molecular formula is C18H28O5. The van der Waals surface area contributed by atoms with E-state index in [1.165, 1.54) is 0 Å². The Balaban J connectivity index is 2.37. The summed E-state index contributed by atoms with van der Waals surface area (Å²) < 4.78 is 26.9. The van der Waals surface area contributed by atoms with Gasteiger partial charge in [0, 0.05) is 14.2 Å². The third-order valence-corrected chi connectivity index (χ3v) is 3.17. The number of rotatable bonds is 14. The smallest absolute Gasteiger partial charge is 0.105 e. The fraction of sp³-hybridized carbons (Fsp3) is 0.556. The Labute approximate surface area is 139 Å². The molecule has 0 aliphatic carbocycles. The van der Waals surface area contributed by atoms with Gasteiger partial charge in [-0.3, -0.25) is 0 Å². The third kappa shape index (κ3) is 9.48. The van der Waals surface area contributed by atoms with Gasteiger partial charge in [-0.05, 0) is 11.1 Å². The Bertz CT molecular complexity index is 392. The lowest BCUT2D eigenvalue weighted by Gasteiger charge is -2.18. The second-order valence-electron chi connectivity index (χ2n) is 5.01. The summed E-state index contributed by atoms with van der Waals surface area (Å²) in [5, 5.41) is 0. The average Bonchev–Trinajstić information content (AvgIpc) is 2.60. The number of methoxy groups -OCH3 is 2. The van der Waals surface area contributed by atoms with Crippen LogP contribution in [0.25, 0.3) is 6.08 Å². The summed E-state index contributed by atoms with van der Waals surface area (Å²) in [6.07, 6.45) is 1.70. The van der Waals surface area contributed by atoms with Gasteiger partial charge in [0.15, 0.2) is 0 Å². The van der Waals surface area contributed by atoms with Crippen LogP contribution in [0.4, 0.5) is 0 Å². The molecule has 0 unspecified atom stereocenters. The molecule has 0 saturated heterocycles. The van der Waals surface area contributed by atoms with E-state index in [0.29, 0.717) is 46.2 Å². The number of hydrogen-bond acceptors (Lipinski definition) is 5. The number of hydrogen-bond donors (Lipinski definition) is 0. The maximum Gasteiger partial charge on any atom is 0.105 e. The van der Waals surface area contributed by atoms with Gasteiger partial charge in [-0.15, -0.1) is 0 Å². The largest absolute Gasteiger partial charge is 0.382 e. The molecule has 0 aliphatic rings. The predicted octanol–water partition coefficient (Wildman–Crippen LogP) is 2.54. The van der Waals surface area contributed by atoms with E-state index in [4.69, 9.17) is 23.7 Å². The van der Waals surface area contributed by atoms with Crippen molar-refractivity contribution in [3.63, 3.8) is 0 Å². The van der Waals surface area contributed by atoms with Crippen molar-refractivity contribution in [2.75, 3.05) is 53.9 Å². The van der Waals surface area contributed by atoms with Crippen molar-refractivity contribution in [3.05, 3.63) is 42.0 Å². The van der Waals surface area contributed by atoms with E-state index in [1.54, 1.807) is 14.2 Å². The zero-order chi connectivity index (χ0) is 16.8. The zero-order valence-corrected chi connectivity index (χ0v) is 14.2. The summed E-state index contributed by atoms with van der Waals surface area (Å²) in [6, 6.07) is 8.10. The van der Waals surface area contributed by atoms with Crippen LogP contribution in [0, 0.1) is 0 Å². The van der Waals surface area contributed by atoms with Crippen molar-refractivity contribution in [1.29, 1.82) is 0 Å². The average molecular weight is 324 g/mol. The van der Waals surface area contributed by atoms with Gasteiger partial charge in [-0.25, -0.2) is 0 Å². The fourth-order valence-electron chi connectivity index (χ4n) is 1.82. The minimum atomic E-state index is -0.122. The van der Waals surface area contributed by atoms with Crippen molar-refractivity contribution < 1.29 is 23.7 Å². The Kier molecular flexibility index (Phi) is 11.4. The lowest BCUT2D eigenvalue weighted by Crippen LogP contribution is -2.27. The van der Waals surface area contributed by atoms with Gasteiger partial charge >= 0.3 is 0 Å². The highest BCUT2D eigenvalue weighted by Gasteiger charge is 2.10. The zero-order valence-electron chi connectivity index (χ0n) is 14.2. The highest BCUT2D eigenvalue weighted by atomic mass is 16.6. The van der Waals surface area contributed by atoms with E-state index in [9.17, 15) is 0 Å². The Hall–Kier alpha value is -1.24. The molecule has 0 atom stereocenters. The minimum absolute atomic E-state index is 0.122. The molecule has 0 heterocycles. The molecular weight excluding hydrogens is 296 g/mol. The van der Waals surface area contributed by atoms with Gasteiger partial charge in [0.1, 0.15) is 6.10 Å². The lowest BCUT2D eigenvalue weighted by atomic mass is 10.1. The molecule has 1 aromatic rings. The molecule has 1 rings (SSSR count). The van der Waals surface area contributed by atoms with Crippen LogP contribution in [0.3, 0.4) is 0 Å². The van der Waals surface area contributed by atoms with E-state index in [1.807, 2.05) is 30.3 Å². The molecule has 5 heteroatoms. The Morgan fingerprint density at radius 2 is 1.48 bits per heavy atom. The van der Waals surface area contributed by atoms with Gasteiger partial charge < -0.3 is 23.7 Å². The number of ether oxygens (including phenoxy) is 5. The molecule has 0 aliphatic heterocycles. The SMILES string of the molecule is C=Cc1ccc(COC(COCCOC)COCCOC)cc1. The minimum Gasteiger partial charge on any atom is -0.382 e. The van der Waals surface area contributed by atoms with Gasteiger partial charge in [-0.2, -0.15) is 0 Å². The lowest BCUT2D eigenvalue weighted by molar-refractivity contribution is -0.0757. The number of benzene rings is 1. The molecule has 0 saturated carbocycles. The standard InChI is InChI=1S/C18H28O5/c1-4-16-5-7-17(8-6-16)13-23-18(14-21-11-9-19-2)15-22-12-10-20-3/h4-8,18H,1,9-15H2,2-3H3. The quantitative estimate of drug-likeness (QED) is 0.492. The molecule has 0 aromatic heterocycles. The molecule has 0 bridgehead atoms. The van der Waals surface area contributed by atoms with Gasteiger partial charge in [0.25, 0.3) is 0 Å². The van der Waals surface area contributed by atoms with Crippen LogP contribution in [-0.4, -0.2) is 60.0 Å². The topological polar surface area (TPSA) is 46.2 Å². The van der Waals surface area contributed by atoms with Crippen LogP contribution in [-0.2, 0) is 30.3 Å². The van der Waals surface area contributed by atoms with Gasteiger partial charge in [0.05, 0.1) is 46.2 Å². The molecule has 130 valence electrons. The summed E-state index contributed by atoms with van der Waals surface area (Å²) in [4.78, 5) is 0. The first-order valence-corrected chi connectivity index (χ1v) is 7.76. The molecule has 1 aromatic carbocycles. The van der Waals surface area contributed by atoms with Gasteiger partial charge in [-0.1, -0.05) is 36.9 Å². The summed E-state index contributed by atoms with van der Waals surface area (Å²) >= 11 is 0. The van der Waals surface area contributed by atoms with Crippen LogP contribution in [0.5, 0.6) is 0 Å². The summed E-state index contributed by atoms with van der Waals surface area (Å²) in [5.41, 5.74) is 2.20. The molecule has 0 radical (unpaired) electrons. The second-order valence-corrected chi connectivity index (χ2v) is 5.01. The molecule has 0 amide bonds. The maximum absolute atomic E-state index is 5.90. The first kappa shape index (κ1) is 19.8. The highest BCUT2D eigenvalue weighted by molar-refractivity contribution is 5.47. The van der Waals surface area contributed by atoms with Crippen molar-refractivity contribution >= 4 is 6.08 Å². The predicted molar refractivity (Wildman–Crippen MR) is 90.5 cm³/mol. The van der Waals surface area contributed by atoms with E-state index >= 15 is 0 Å². The van der Waals surface area contributed by atoms with Gasteiger partial charge in [0.2, 0.25) is 0 Å². The van der Waals surface area contributed by atoms with Crippen molar-refractivity contribution in [1.82, 2.24) is 0 Å². The van der Waals surface area contributed by atoms with E-state index in [0.717, 1.165) is 11.1 Å². The molecule has 5 nitrogen and oxygen atoms in total. The maximum atomic E-state index is 5.90. The monoisotopic (exact) mass is 324 g/mol. The van der Waals surface area contributed by atoms with Crippen LogP contribution < -0.4 is 0 Å². The van der Waals surface area contributed by atoms with Crippen molar-refractivity contribution in [2.24, 2.45) is 0 Å². The van der Waals surface area contributed by atoms with E-state index < -0.39 is 0 Å². The second kappa shape index (κ2) is 13.2. The molecule has 0 spiro atoms. The molecule has 0 N–H and O–H groups in total. The summed E-state index contributed by atoms with van der Waals surface area (Å²) in [7, 11) is 3.30. The first-order valence-electron chi connectivity index (χ1n) is 7.76. The third-order valence-electron chi connectivity index (χ3n) is 3.17. The van der Waals surface area contributed by atoms with Crippen molar-refractivity contribution in [3.8, 4) is 0 Å². The van der Waals surface area contributed by atoms with Crippen LogP contribution in [0.2, 0.25) is 0 Å². The molecule has 0 fully saturated rings. The summed E-state index contributed by atoms with van der Waals surface area (Å²) in [5.74, 6) is 0. The van der Waals surface area contributed by atoms with Crippen LogP contribution >= 0.6 is 0 Å². The van der Waals surface area contributed by atoms with Crippen LogP contribution in [0.15, 0.2) is 30.8 Å². The van der Waals surface area contributed by atoms with E-state index in [-0.39, 0.29) is 6.10 Å². The highest BCUT2D eigenvalue weighted by Crippen LogP contribution is 2.08. The first-order chi connectivity index (χ1) is 11.3. The van der Waals surface area contributed by atoms with E-state index in [2.05, 4.69) is 6.58 Å². The van der Waals surface area contributed by atoms with Crippen LogP contribution in [0.1, 0.15) is 11.1 Å². The Morgan fingerprint density at radius 3 is 1.96 bits per heavy atom. The normalized spacial score (nSPS) is 11.1. The molecule has 23 heavy (non-hydrogen) atoms.